The molecule has 6 heteroatoms. The Bertz CT molecular complexity index is 1230. The summed E-state index contributed by atoms with van der Waals surface area (Å²) in [4.78, 5) is 28.4. The van der Waals surface area contributed by atoms with Gasteiger partial charge < -0.3 is 10.2 Å². The third-order valence-electron chi connectivity index (χ3n) is 6.43. The van der Waals surface area contributed by atoms with Crippen LogP contribution in [0.2, 0.25) is 0 Å². The first-order valence-electron chi connectivity index (χ1n) is 12.1. The Kier molecular flexibility index (Phi) is 7.30. The number of carbonyl (C=O) groups excluding carboxylic acids is 2. The molecule has 0 unspecified atom stereocenters. The van der Waals surface area contributed by atoms with Gasteiger partial charge in [-0.2, -0.15) is 0 Å². The van der Waals surface area contributed by atoms with E-state index in [0.717, 1.165) is 41.0 Å². The molecule has 2 atom stereocenters. The molecular formula is C29H33N4O2+. The van der Waals surface area contributed by atoms with Crippen LogP contribution < -0.4 is 15.6 Å². The van der Waals surface area contributed by atoms with E-state index >= 15 is 0 Å². The monoisotopic (exact) mass is 469 g/mol. The van der Waals surface area contributed by atoms with Crippen LogP contribution in [0.1, 0.15) is 52.5 Å². The molecule has 1 heterocycles. The van der Waals surface area contributed by atoms with Crippen LogP contribution in [0.25, 0.3) is 0 Å². The lowest BCUT2D eigenvalue weighted by Gasteiger charge is -2.20. The molecule has 3 aromatic rings. The number of hydrogen-bond acceptors (Lipinski definition) is 3. The Morgan fingerprint density at radius 1 is 0.971 bits per heavy atom. The maximum atomic E-state index is 13.1. The smallest absolute Gasteiger partial charge is 0.304 e. The maximum Gasteiger partial charge on any atom is 0.304 e. The second kappa shape index (κ2) is 10.6. The van der Waals surface area contributed by atoms with E-state index in [9.17, 15) is 9.59 Å². The van der Waals surface area contributed by atoms with Crippen molar-refractivity contribution in [1.82, 2.24) is 10.7 Å². The Hall–Kier alpha value is -3.93. The van der Waals surface area contributed by atoms with Gasteiger partial charge in [0.15, 0.2) is 6.04 Å². The molecule has 6 nitrogen and oxygen atoms in total. The van der Waals surface area contributed by atoms with Gasteiger partial charge in [-0.05, 0) is 64.1 Å². The summed E-state index contributed by atoms with van der Waals surface area (Å²) in [7, 11) is 0. The van der Waals surface area contributed by atoms with Crippen molar-refractivity contribution in [2.45, 2.75) is 39.8 Å². The number of hydrazone groups is 1. The highest BCUT2D eigenvalue weighted by Crippen LogP contribution is 2.26. The summed E-state index contributed by atoms with van der Waals surface area (Å²) in [6.45, 7) is 10.1. The van der Waals surface area contributed by atoms with Crippen LogP contribution in [0, 0.1) is 13.8 Å². The van der Waals surface area contributed by atoms with Gasteiger partial charge in [-0.1, -0.05) is 47.5 Å². The van der Waals surface area contributed by atoms with Crippen LogP contribution >= 0.6 is 0 Å². The van der Waals surface area contributed by atoms with E-state index in [1.807, 2.05) is 74.7 Å². The summed E-state index contributed by atoms with van der Waals surface area (Å²) in [6, 6.07) is 22.6. The average molecular weight is 470 g/mol. The maximum absolute atomic E-state index is 13.1. The van der Waals surface area contributed by atoms with E-state index < -0.39 is 6.04 Å². The van der Waals surface area contributed by atoms with Crippen LogP contribution in [0.3, 0.4) is 0 Å². The molecule has 0 aromatic heterocycles. The molecule has 0 bridgehead atoms. The minimum atomic E-state index is -0.739. The summed E-state index contributed by atoms with van der Waals surface area (Å²) in [5, 5.41) is 2.97. The zero-order valence-electron chi connectivity index (χ0n) is 20.8. The van der Waals surface area contributed by atoms with Crippen LogP contribution in [-0.2, 0) is 4.79 Å². The van der Waals surface area contributed by atoms with Gasteiger partial charge in [0.1, 0.15) is 0 Å². The summed E-state index contributed by atoms with van der Waals surface area (Å²) in [5.74, 6) is -0.510. The van der Waals surface area contributed by atoms with Crippen LogP contribution in [0.5, 0.6) is 0 Å². The molecule has 35 heavy (non-hydrogen) atoms. The van der Waals surface area contributed by atoms with Crippen LogP contribution in [0.4, 0.5) is 5.69 Å². The number of carbonyl (C=O) groups is 2. The Labute approximate surface area is 207 Å². The normalized spacial score (nSPS) is 18.4. The number of amides is 2. The van der Waals surface area contributed by atoms with Gasteiger partial charge in [0.25, 0.3) is 5.91 Å². The molecule has 4 rings (SSSR count). The average Bonchev–Trinajstić information content (AvgIpc) is 3.15. The zero-order valence-corrected chi connectivity index (χ0v) is 20.8. The number of nitrogens with zero attached hydrogens (tertiary/aromatic N) is 2. The number of benzene rings is 3. The van der Waals surface area contributed by atoms with Crippen molar-refractivity contribution in [2.24, 2.45) is 0 Å². The number of aryl methyl sites for hydroxylation is 2. The highest BCUT2D eigenvalue weighted by Gasteiger charge is 2.47. The van der Waals surface area contributed by atoms with Crippen molar-refractivity contribution in [3.05, 3.63) is 101 Å². The fraction of sp³-hybridized carbons (Fsp3) is 0.276. The molecule has 0 saturated carbocycles. The first kappa shape index (κ1) is 24.2. The Morgan fingerprint density at radius 2 is 1.66 bits per heavy atom. The first-order valence-corrected chi connectivity index (χ1v) is 12.1. The number of rotatable bonds is 7. The third-order valence-corrected chi connectivity index (χ3v) is 6.43. The number of anilines is 1. The highest BCUT2D eigenvalue weighted by atomic mass is 16.2. The zero-order chi connectivity index (χ0) is 24.9. The Balaban J connectivity index is 1.67. The minimum absolute atomic E-state index is 0.243. The predicted molar refractivity (Wildman–Crippen MR) is 140 cm³/mol. The van der Waals surface area contributed by atoms with Gasteiger partial charge in [0, 0.05) is 35.5 Å². The topological polar surface area (TPSA) is 64.5 Å². The fourth-order valence-corrected chi connectivity index (χ4v) is 4.48. The quantitative estimate of drug-likeness (QED) is 0.511. The first-order chi connectivity index (χ1) is 16.9. The molecule has 1 aliphatic heterocycles. The van der Waals surface area contributed by atoms with Gasteiger partial charge in [0.2, 0.25) is 12.3 Å². The van der Waals surface area contributed by atoms with Crippen molar-refractivity contribution in [1.29, 1.82) is 0 Å². The van der Waals surface area contributed by atoms with E-state index in [1.165, 1.54) is 0 Å². The van der Waals surface area contributed by atoms with E-state index in [1.54, 1.807) is 10.8 Å². The van der Waals surface area contributed by atoms with Gasteiger partial charge in [-0.3, -0.25) is 9.59 Å². The largest absolute Gasteiger partial charge is 0.372 e. The summed E-state index contributed by atoms with van der Waals surface area (Å²) in [6.07, 6.45) is 1.92. The van der Waals surface area contributed by atoms with Crippen LogP contribution in [-0.4, -0.2) is 41.8 Å². The van der Waals surface area contributed by atoms with E-state index in [0.29, 0.717) is 5.56 Å². The van der Waals surface area contributed by atoms with Crippen molar-refractivity contribution in [2.75, 3.05) is 18.0 Å². The van der Waals surface area contributed by atoms with E-state index in [2.05, 4.69) is 41.6 Å². The van der Waals surface area contributed by atoms with Crippen molar-refractivity contribution < 1.29 is 14.3 Å². The van der Waals surface area contributed by atoms with E-state index in [4.69, 9.17) is 0 Å². The second-order valence-corrected chi connectivity index (χ2v) is 8.95. The SMILES string of the molecule is CCN(CC)c1ccc(/C=[N+]2\NC(=O)[C@@H](NC(=O)c3cccc(C)c3)[C@H]2c2ccc(C)cc2)cc1. The van der Waals surface area contributed by atoms with Gasteiger partial charge in [-0.15, -0.1) is 10.1 Å². The van der Waals surface area contributed by atoms with Gasteiger partial charge >= 0.3 is 5.91 Å². The molecule has 1 saturated heterocycles. The van der Waals surface area contributed by atoms with Crippen LogP contribution in [0.15, 0.2) is 72.8 Å². The summed E-state index contributed by atoms with van der Waals surface area (Å²) in [5.41, 5.74) is 8.69. The number of nitrogens with one attached hydrogen (secondary N) is 2. The molecule has 3 aromatic carbocycles. The third kappa shape index (κ3) is 5.43. The number of hydrogen-bond donors (Lipinski definition) is 2. The lowest BCUT2D eigenvalue weighted by molar-refractivity contribution is -0.596. The minimum Gasteiger partial charge on any atom is -0.372 e. The molecule has 0 aliphatic carbocycles. The second-order valence-electron chi connectivity index (χ2n) is 8.95. The summed E-state index contributed by atoms with van der Waals surface area (Å²) >= 11 is 0. The van der Waals surface area contributed by atoms with Crippen molar-refractivity contribution in [3.63, 3.8) is 0 Å². The highest BCUT2D eigenvalue weighted by molar-refractivity contribution is 5.98. The standard InChI is InChI=1S/C29H32N4O2/c1-5-32(6-2)25-16-12-22(13-17-25)19-33-27(23-14-10-20(3)11-15-23)26(29(35)31-33)30-28(34)24-9-7-8-21(4)18-24/h7-19,26-27H,5-6H2,1-4H3,(H-,30,31,34,35)/p+1/t26-,27+/m0/s1. The Morgan fingerprint density at radius 3 is 2.29 bits per heavy atom. The van der Waals surface area contributed by atoms with Gasteiger partial charge in [-0.25, -0.2) is 0 Å². The molecule has 0 spiro atoms. The molecule has 180 valence electrons. The molecule has 2 amide bonds. The predicted octanol–water partition coefficient (Wildman–Crippen LogP) is 4.17. The molecule has 2 N–H and O–H groups in total. The number of hydrazine groups is 1. The fourth-order valence-electron chi connectivity index (χ4n) is 4.48. The van der Waals surface area contributed by atoms with Gasteiger partial charge in [0.05, 0.1) is 0 Å². The molecule has 1 aliphatic rings. The summed E-state index contributed by atoms with van der Waals surface area (Å²) < 4.78 is 1.81. The molecular weight excluding hydrogens is 436 g/mol. The lowest BCUT2D eigenvalue weighted by Crippen LogP contribution is -2.42. The lowest BCUT2D eigenvalue weighted by atomic mass is 9.98. The van der Waals surface area contributed by atoms with Crippen molar-refractivity contribution in [3.8, 4) is 0 Å². The van der Waals surface area contributed by atoms with E-state index in [-0.39, 0.29) is 17.9 Å². The molecule has 1 fully saturated rings. The van der Waals surface area contributed by atoms with Crippen molar-refractivity contribution >= 4 is 23.7 Å². The molecule has 0 radical (unpaired) electrons.